The Morgan fingerprint density at radius 2 is 1.79 bits per heavy atom. The van der Waals surface area contributed by atoms with Gasteiger partial charge in [0.15, 0.2) is 0 Å². The second-order valence-corrected chi connectivity index (χ2v) is 5.91. The fourth-order valence-corrected chi connectivity index (χ4v) is 3.26. The summed E-state index contributed by atoms with van der Waals surface area (Å²) in [4.78, 5) is 14.2. The zero-order valence-electron chi connectivity index (χ0n) is 11.7. The van der Waals surface area contributed by atoms with Crippen LogP contribution in [-0.4, -0.2) is 35.5 Å². The number of carbonyl (C=O) groups is 1. The molecule has 1 aliphatic rings. The van der Waals surface area contributed by atoms with Gasteiger partial charge in [0, 0.05) is 30.3 Å². The lowest BCUT2D eigenvalue weighted by molar-refractivity contribution is 0.217. The molecule has 1 aliphatic heterocycles. The van der Waals surface area contributed by atoms with Crippen molar-refractivity contribution in [2.24, 2.45) is 0 Å². The predicted octanol–water partition coefficient (Wildman–Crippen LogP) is 3.39. The summed E-state index contributed by atoms with van der Waals surface area (Å²) in [5.41, 5.74) is 3.47. The highest BCUT2D eigenvalue weighted by molar-refractivity contribution is 7.99. The molecule has 0 radical (unpaired) electrons. The van der Waals surface area contributed by atoms with E-state index in [1.165, 1.54) is 11.1 Å². The Labute approximate surface area is 119 Å². The monoisotopic (exact) mass is 278 g/mol. The summed E-state index contributed by atoms with van der Waals surface area (Å²) in [5, 5.41) is 3.13. The topological polar surface area (TPSA) is 32.3 Å². The Bertz CT molecular complexity index is 420. The van der Waals surface area contributed by atoms with Gasteiger partial charge in [-0.2, -0.15) is 11.8 Å². The highest BCUT2D eigenvalue weighted by atomic mass is 32.2. The first-order valence-electron chi connectivity index (χ1n) is 7.00. The van der Waals surface area contributed by atoms with Crippen LogP contribution in [0.2, 0.25) is 0 Å². The SMILES string of the molecule is CCc1cccc(CC)c1NC(=O)N1CCSCC1. The van der Waals surface area contributed by atoms with E-state index in [-0.39, 0.29) is 6.03 Å². The number of rotatable bonds is 3. The molecule has 1 aromatic rings. The highest BCUT2D eigenvalue weighted by Crippen LogP contribution is 2.23. The molecular formula is C15H22N2OS. The van der Waals surface area contributed by atoms with Gasteiger partial charge in [0.2, 0.25) is 0 Å². The average Bonchev–Trinajstić information content (AvgIpc) is 2.48. The minimum atomic E-state index is 0.0518. The van der Waals surface area contributed by atoms with Crippen molar-refractivity contribution in [3.05, 3.63) is 29.3 Å². The molecule has 2 amide bonds. The Morgan fingerprint density at radius 3 is 2.32 bits per heavy atom. The standard InChI is InChI=1S/C15H22N2OS/c1-3-12-6-5-7-13(4-2)14(12)16-15(18)17-8-10-19-11-9-17/h5-7H,3-4,8-11H2,1-2H3,(H,16,18). The van der Waals surface area contributed by atoms with Gasteiger partial charge in [-0.3, -0.25) is 0 Å². The molecule has 1 heterocycles. The van der Waals surface area contributed by atoms with E-state index in [0.29, 0.717) is 0 Å². The zero-order valence-corrected chi connectivity index (χ0v) is 12.6. The molecule has 1 N–H and O–H groups in total. The number of urea groups is 1. The molecule has 2 rings (SSSR count). The number of thioether (sulfide) groups is 1. The number of carbonyl (C=O) groups excluding carboxylic acids is 1. The van der Waals surface area contributed by atoms with Crippen LogP contribution in [0.5, 0.6) is 0 Å². The predicted molar refractivity (Wildman–Crippen MR) is 83.1 cm³/mol. The minimum Gasteiger partial charge on any atom is -0.323 e. The maximum atomic E-state index is 12.3. The van der Waals surface area contributed by atoms with Crippen molar-refractivity contribution < 1.29 is 4.79 Å². The number of benzene rings is 1. The summed E-state index contributed by atoms with van der Waals surface area (Å²) in [7, 11) is 0. The van der Waals surface area contributed by atoms with Gasteiger partial charge in [0.1, 0.15) is 0 Å². The number of amides is 2. The maximum absolute atomic E-state index is 12.3. The van der Waals surface area contributed by atoms with E-state index in [0.717, 1.165) is 43.1 Å². The van der Waals surface area contributed by atoms with Crippen LogP contribution < -0.4 is 5.32 Å². The molecule has 0 spiro atoms. The number of nitrogens with one attached hydrogen (secondary N) is 1. The van der Waals surface area contributed by atoms with Crippen LogP contribution in [0.3, 0.4) is 0 Å². The summed E-state index contributed by atoms with van der Waals surface area (Å²) in [6.45, 7) is 5.96. The van der Waals surface area contributed by atoms with E-state index in [9.17, 15) is 4.79 Å². The van der Waals surface area contributed by atoms with Gasteiger partial charge in [-0.05, 0) is 24.0 Å². The summed E-state index contributed by atoms with van der Waals surface area (Å²) in [6.07, 6.45) is 1.89. The van der Waals surface area contributed by atoms with Gasteiger partial charge in [0.05, 0.1) is 0 Å². The fraction of sp³-hybridized carbons (Fsp3) is 0.533. The molecule has 0 aromatic heterocycles. The molecule has 0 bridgehead atoms. The van der Waals surface area contributed by atoms with Gasteiger partial charge >= 0.3 is 6.03 Å². The molecule has 0 saturated carbocycles. The number of para-hydroxylation sites is 1. The van der Waals surface area contributed by atoms with Crippen molar-refractivity contribution in [1.29, 1.82) is 0 Å². The van der Waals surface area contributed by atoms with Crippen molar-refractivity contribution in [3.63, 3.8) is 0 Å². The quantitative estimate of drug-likeness (QED) is 0.919. The second kappa shape index (κ2) is 6.85. The van der Waals surface area contributed by atoms with E-state index in [1.54, 1.807) is 0 Å². The second-order valence-electron chi connectivity index (χ2n) is 4.69. The van der Waals surface area contributed by atoms with Crippen LogP contribution in [0.15, 0.2) is 18.2 Å². The number of anilines is 1. The van der Waals surface area contributed by atoms with Gasteiger partial charge in [-0.1, -0.05) is 32.0 Å². The third-order valence-electron chi connectivity index (χ3n) is 3.53. The summed E-state index contributed by atoms with van der Waals surface area (Å²) in [6, 6.07) is 6.32. The van der Waals surface area contributed by atoms with Crippen LogP contribution in [0.25, 0.3) is 0 Å². The van der Waals surface area contributed by atoms with Crippen LogP contribution in [0.4, 0.5) is 10.5 Å². The van der Waals surface area contributed by atoms with Crippen LogP contribution in [-0.2, 0) is 12.8 Å². The highest BCUT2D eigenvalue weighted by Gasteiger charge is 2.18. The van der Waals surface area contributed by atoms with Gasteiger partial charge in [0.25, 0.3) is 0 Å². The number of aryl methyl sites for hydroxylation is 2. The summed E-state index contributed by atoms with van der Waals surface area (Å²) in [5.74, 6) is 2.09. The fourth-order valence-electron chi connectivity index (χ4n) is 2.36. The van der Waals surface area contributed by atoms with Crippen LogP contribution >= 0.6 is 11.8 Å². The third kappa shape index (κ3) is 3.44. The molecule has 1 aromatic carbocycles. The Balaban J connectivity index is 2.15. The molecule has 19 heavy (non-hydrogen) atoms. The van der Waals surface area contributed by atoms with Crippen molar-refractivity contribution in [2.75, 3.05) is 29.9 Å². The minimum absolute atomic E-state index is 0.0518. The van der Waals surface area contributed by atoms with Crippen LogP contribution in [0.1, 0.15) is 25.0 Å². The Hall–Kier alpha value is -1.16. The summed E-state index contributed by atoms with van der Waals surface area (Å²) >= 11 is 1.92. The van der Waals surface area contributed by atoms with Crippen molar-refractivity contribution in [2.45, 2.75) is 26.7 Å². The van der Waals surface area contributed by atoms with Gasteiger partial charge < -0.3 is 10.2 Å². The molecule has 0 unspecified atom stereocenters. The Morgan fingerprint density at radius 1 is 1.21 bits per heavy atom. The third-order valence-corrected chi connectivity index (χ3v) is 4.47. The van der Waals surface area contributed by atoms with Crippen LogP contribution in [0, 0.1) is 0 Å². The first-order chi connectivity index (χ1) is 9.26. The maximum Gasteiger partial charge on any atom is 0.321 e. The average molecular weight is 278 g/mol. The Kier molecular flexibility index (Phi) is 5.14. The van der Waals surface area contributed by atoms with Crippen molar-refractivity contribution in [1.82, 2.24) is 4.90 Å². The first kappa shape index (κ1) is 14.3. The lowest BCUT2D eigenvalue weighted by Gasteiger charge is -2.27. The normalized spacial score (nSPS) is 15.4. The number of hydrogen-bond donors (Lipinski definition) is 1. The molecule has 4 heteroatoms. The van der Waals surface area contributed by atoms with Gasteiger partial charge in [-0.15, -0.1) is 0 Å². The smallest absolute Gasteiger partial charge is 0.321 e. The largest absolute Gasteiger partial charge is 0.323 e. The molecule has 0 aliphatic carbocycles. The van der Waals surface area contributed by atoms with E-state index < -0.39 is 0 Å². The molecule has 0 atom stereocenters. The van der Waals surface area contributed by atoms with Crippen molar-refractivity contribution >= 4 is 23.5 Å². The van der Waals surface area contributed by atoms with E-state index in [4.69, 9.17) is 0 Å². The lowest BCUT2D eigenvalue weighted by Crippen LogP contribution is -2.41. The molecule has 104 valence electrons. The van der Waals surface area contributed by atoms with E-state index >= 15 is 0 Å². The molecular weight excluding hydrogens is 256 g/mol. The first-order valence-corrected chi connectivity index (χ1v) is 8.16. The van der Waals surface area contributed by atoms with E-state index in [2.05, 4.69) is 37.4 Å². The number of nitrogens with zero attached hydrogens (tertiary/aromatic N) is 1. The number of hydrogen-bond acceptors (Lipinski definition) is 2. The zero-order chi connectivity index (χ0) is 13.7. The molecule has 3 nitrogen and oxygen atoms in total. The van der Waals surface area contributed by atoms with Crippen molar-refractivity contribution in [3.8, 4) is 0 Å². The van der Waals surface area contributed by atoms with Gasteiger partial charge in [-0.25, -0.2) is 4.79 Å². The lowest BCUT2D eigenvalue weighted by atomic mass is 10.0. The molecule has 1 saturated heterocycles. The molecule has 1 fully saturated rings. The summed E-state index contributed by atoms with van der Waals surface area (Å²) < 4.78 is 0. The van der Waals surface area contributed by atoms with E-state index in [1.807, 2.05) is 16.7 Å².